The standard InChI is InChI=1S/C10H8ClN5/c1-15-6-7(4-13-15)8-5-12-10-3-2-9(11)14-16(8)10/h2-6H,1H3. The molecule has 3 heterocycles. The average Bonchev–Trinajstić information content (AvgIpc) is 2.83. The molecule has 6 heteroatoms. The van der Waals surface area contributed by atoms with Crippen LogP contribution in [0, 0.1) is 0 Å². The maximum Gasteiger partial charge on any atom is 0.154 e. The van der Waals surface area contributed by atoms with Gasteiger partial charge >= 0.3 is 0 Å². The molecule has 5 nitrogen and oxygen atoms in total. The molecule has 0 spiro atoms. The fourth-order valence-electron chi connectivity index (χ4n) is 1.60. The van der Waals surface area contributed by atoms with Gasteiger partial charge in [0.15, 0.2) is 5.65 Å². The van der Waals surface area contributed by atoms with Crippen molar-refractivity contribution in [2.45, 2.75) is 0 Å². The number of imidazole rings is 1. The van der Waals surface area contributed by atoms with Gasteiger partial charge in [-0.25, -0.2) is 9.50 Å². The lowest BCUT2D eigenvalue weighted by Gasteiger charge is -1.97. The van der Waals surface area contributed by atoms with Crippen LogP contribution in [0.2, 0.25) is 5.15 Å². The molecule has 0 aromatic carbocycles. The van der Waals surface area contributed by atoms with Gasteiger partial charge in [-0.05, 0) is 12.1 Å². The topological polar surface area (TPSA) is 48.0 Å². The molecule has 0 atom stereocenters. The lowest BCUT2D eigenvalue weighted by molar-refractivity contribution is 0.768. The third-order valence-corrected chi connectivity index (χ3v) is 2.53. The Morgan fingerprint density at radius 3 is 2.88 bits per heavy atom. The van der Waals surface area contributed by atoms with Gasteiger partial charge < -0.3 is 0 Å². The Hall–Kier alpha value is -1.88. The summed E-state index contributed by atoms with van der Waals surface area (Å²) >= 11 is 5.86. The number of nitrogens with zero attached hydrogens (tertiary/aromatic N) is 5. The molecular weight excluding hydrogens is 226 g/mol. The molecular formula is C10H8ClN5. The van der Waals surface area contributed by atoms with Crippen molar-refractivity contribution >= 4 is 17.2 Å². The van der Waals surface area contributed by atoms with Crippen molar-refractivity contribution in [3.8, 4) is 11.3 Å². The van der Waals surface area contributed by atoms with Crippen LogP contribution in [0.4, 0.5) is 0 Å². The summed E-state index contributed by atoms with van der Waals surface area (Å²) in [6.45, 7) is 0. The molecule has 0 aliphatic rings. The van der Waals surface area contributed by atoms with Gasteiger partial charge in [0.05, 0.1) is 18.1 Å². The predicted molar refractivity (Wildman–Crippen MR) is 60.2 cm³/mol. The summed E-state index contributed by atoms with van der Waals surface area (Å²) in [5.41, 5.74) is 2.61. The van der Waals surface area contributed by atoms with Crippen molar-refractivity contribution < 1.29 is 0 Å². The van der Waals surface area contributed by atoms with Gasteiger partial charge in [-0.2, -0.15) is 10.2 Å². The molecule has 16 heavy (non-hydrogen) atoms. The van der Waals surface area contributed by atoms with Crippen LogP contribution in [-0.4, -0.2) is 24.4 Å². The van der Waals surface area contributed by atoms with Crippen molar-refractivity contribution in [1.29, 1.82) is 0 Å². The van der Waals surface area contributed by atoms with Crippen molar-refractivity contribution in [2.24, 2.45) is 7.05 Å². The molecule has 0 saturated heterocycles. The Labute approximate surface area is 96.3 Å². The van der Waals surface area contributed by atoms with E-state index in [2.05, 4.69) is 15.2 Å². The van der Waals surface area contributed by atoms with E-state index in [1.54, 1.807) is 27.7 Å². The number of hydrogen-bond donors (Lipinski definition) is 0. The number of aromatic nitrogens is 5. The normalized spacial score (nSPS) is 11.1. The smallest absolute Gasteiger partial charge is 0.154 e. The third-order valence-electron chi connectivity index (χ3n) is 2.33. The monoisotopic (exact) mass is 233 g/mol. The number of fused-ring (bicyclic) bond motifs is 1. The van der Waals surface area contributed by atoms with E-state index in [4.69, 9.17) is 11.6 Å². The Morgan fingerprint density at radius 2 is 2.12 bits per heavy atom. The minimum atomic E-state index is 0.440. The Bertz CT molecular complexity index is 654. The zero-order valence-electron chi connectivity index (χ0n) is 8.50. The zero-order chi connectivity index (χ0) is 11.1. The fourth-order valence-corrected chi connectivity index (χ4v) is 1.74. The number of hydrogen-bond acceptors (Lipinski definition) is 3. The second kappa shape index (κ2) is 3.31. The molecule has 0 aliphatic heterocycles. The largest absolute Gasteiger partial charge is 0.275 e. The van der Waals surface area contributed by atoms with Crippen LogP contribution in [0.3, 0.4) is 0 Å². The first-order valence-corrected chi connectivity index (χ1v) is 5.11. The molecule has 0 amide bonds. The van der Waals surface area contributed by atoms with Gasteiger partial charge in [0, 0.05) is 18.8 Å². The molecule has 3 aromatic heterocycles. The SMILES string of the molecule is Cn1cc(-c2cnc3ccc(Cl)nn23)cn1. The highest BCUT2D eigenvalue weighted by Gasteiger charge is 2.08. The van der Waals surface area contributed by atoms with E-state index >= 15 is 0 Å². The summed E-state index contributed by atoms with van der Waals surface area (Å²) in [6, 6.07) is 3.55. The molecule has 0 saturated carbocycles. The minimum Gasteiger partial charge on any atom is -0.275 e. The summed E-state index contributed by atoms with van der Waals surface area (Å²) in [6.07, 6.45) is 5.44. The first-order valence-electron chi connectivity index (χ1n) is 4.73. The number of rotatable bonds is 1. The van der Waals surface area contributed by atoms with Crippen LogP contribution in [0.15, 0.2) is 30.7 Å². The molecule has 80 valence electrons. The van der Waals surface area contributed by atoms with E-state index in [9.17, 15) is 0 Å². The lowest BCUT2D eigenvalue weighted by atomic mass is 10.3. The lowest BCUT2D eigenvalue weighted by Crippen LogP contribution is -1.93. The first kappa shape index (κ1) is 9.35. The molecule has 0 unspecified atom stereocenters. The highest BCUT2D eigenvalue weighted by Crippen LogP contribution is 2.19. The quantitative estimate of drug-likeness (QED) is 0.644. The van der Waals surface area contributed by atoms with Gasteiger partial charge in [-0.15, -0.1) is 0 Å². The summed E-state index contributed by atoms with van der Waals surface area (Å²) in [7, 11) is 1.87. The molecule has 0 aliphatic carbocycles. The summed E-state index contributed by atoms with van der Waals surface area (Å²) < 4.78 is 3.44. The number of aryl methyl sites for hydroxylation is 1. The highest BCUT2D eigenvalue weighted by molar-refractivity contribution is 6.29. The van der Waals surface area contributed by atoms with Crippen LogP contribution in [0.5, 0.6) is 0 Å². The average molecular weight is 234 g/mol. The fraction of sp³-hybridized carbons (Fsp3) is 0.100. The molecule has 3 rings (SSSR count). The van der Waals surface area contributed by atoms with E-state index in [1.807, 2.05) is 19.3 Å². The third kappa shape index (κ3) is 1.37. The van der Waals surface area contributed by atoms with Crippen LogP contribution in [0.25, 0.3) is 16.9 Å². The second-order valence-corrected chi connectivity index (χ2v) is 3.86. The minimum absolute atomic E-state index is 0.440. The van der Waals surface area contributed by atoms with Crippen molar-refractivity contribution in [3.63, 3.8) is 0 Å². The van der Waals surface area contributed by atoms with Crippen LogP contribution in [-0.2, 0) is 7.05 Å². The summed E-state index contributed by atoms with van der Waals surface area (Å²) in [4.78, 5) is 4.25. The van der Waals surface area contributed by atoms with Crippen LogP contribution in [0.1, 0.15) is 0 Å². The Morgan fingerprint density at radius 1 is 1.25 bits per heavy atom. The van der Waals surface area contributed by atoms with E-state index in [-0.39, 0.29) is 0 Å². The van der Waals surface area contributed by atoms with E-state index < -0.39 is 0 Å². The van der Waals surface area contributed by atoms with Crippen LogP contribution >= 0.6 is 11.6 Å². The van der Waals surface area contributed by atoms with Crippen LogP contribution < -0.4 is 0 Å². The van der Waals surface area contributed by atoms with E-state index in [0.29, 0.717) is 5.15 Å². The molecule has 0 bridgehead atoms. The maximum atomic E-state index is 5.86. The van der Waals surface area contributed by atoms with Crippen molar-refractivity contribution in [3.05, 3.63) is 35.9 Å². The van der Waals surface area contributed by atoms with E-state index in [0.717, 1.165) is 16.9 Å². The highest BCUT2D eigenvalue weighted by atomic mass is 35.5. The summed E-state index contributed by atoms with van der Waals surface area (Å²) in [5.74, 6) is 0. The van der Waals surface area contributed by atoms with Crippen molar-refractivity contribution in [1.82, 2.24) is 24.4 Å². The Balaban J connectivity index is 2.27. The molecule has 0 fully saturated rings. The molecule has 3 aromatic rings. The second-order valence-electron chi connectivity index (χ2n) is 3.47. The van der Waals surface area contributed by atoms with Gasteiger partial charge in [-0.1, -0.05) is 11.6 Å². The maximum absolute atomic E-state index is 5.86. The first-order chi connectivity index (χ1) is 7.74. The van der Waals surface area contributed by atoms with E-state index in [1.165, 1.54) is 0 Å². The number of halogens is 1. The zero-order valence-corrected chi connectivity index (χ0v) is 9.26. The van der Waals surface area contributed by atoms with Crippen molar-refractivity contribution in [2.75, 3.05) is 0 Å². The predicted octanol–water partition coefficient (Wildman–Crippen LogP) is 1.78. The summed E-state index contributed by atoms with van der Waals surface area (Å²) in [5, 5.41) is 8.76. The molecule has 0 radical (unpaired) electrons. The van der Waals surface area contributed by atoms with Gasteiger partial charge in [0.1, 0.15) is 5.15 Å². The van der Waals surface area contributed by atoms with Gasteiger partial charge in [0.2, 0.25) is 0 Å². The Kier molecular flexibility index (Phi) is 1.94. The van der Waals surface area contributed by atoms with Gasteiger partial charge in [-0.3, -0.25) is 4.68 Å². The molecule has 0 N–H and O–H groups in total. The van der Waals surface area contributed by atoms with Gasteiger partial charge in [0.25, 0.3) is 0 Å².